The summed E-state index contributed by atoms with van der Waals surface area (Å²) in [4.78, 5) is 0. The Morgan fingerprint density at radius 1 is 1.38 bits per heavy atom. The lowest BCUT2D eigenvalue weighted by molar-refractivity contribution is 0.00673. The molecule has 1 fully saturated rings. The predicted octanol–water partition coefficient (Wildman–Crippen LogP) is 2.15. The molecule has 0 bridgehead atoms. The Kier molecular flexibility index (Phi) is 3.47. The Morgan fingerprint density at radius 3 is 2.62 bits per heavy atom. The van der Waals surface area contributed by atoms with Gasteiger partial charge in [0.2, 0.25) is 0 Å². The van der Waals surface area contributed by atoms with Crippen molar-refractivity contribution in [1.29, 1.82) is 0 Å². The first kappa shape index (κ1) is 11.8. The molecular formula is C12H14ClFO2. The van der Waals surface area contributed by atoms with E-state index < -0.39 is 18.0 Å². The summed E-state index contributed by atoms with van der Waals surface area (Å²) in [5.41, 5.74) is 0.735. The summed E-state index contributed by atoms with van der Waals surface area (Å²) in [7, 11) is 0. The summed E-state index contributed by atoms with van der Waals surface area (Å²) in [5.74, 6) is -0.242. The molecule has 2 N–H and O–H groups in total. The highest BCUT2D eigenvalue weighted by Crippen LogP contribution is 2.34. The largest absolute Gasteiger partial charge is 0.390 e. The third-order valence-electron chi connectivity index (χ3n) is 2.93. The lowest BCUT2D eigenvalue weighted by Gasteiger charge is -2.17. The molecule has 0 radical (unpaired) electrons. The van der Waals surface area contributed by atoms with Crippen LogP contribution >= 0.6 is 11.6 Å². The van der Waals surface area contributed by atoms with Gasteiger partial charge in [-0.25, -0.2) is 4.39 Å². The molecule has 0 heterocycles. The van der Waals surface area contributed by atoms with Crippen molar-refractivity contribution >= 4 is 11.6 Å². The molecule has 1 aromatic rings. The predicted molar refractivity (Wildman–Crippen MR) is 59.9 cm³/mol. The highest BCUT2D eigenvalue weighted by molar-refractivity contribution is 6.30. The first-order valence-electron chi connectivity index (χ1n) is 5.38. The number of aliphatic hydroxyl groups excluding tert-OH is 2. The zero-order chi connectivity index (χ0) is 11.7. The first-order chi connectivity index (χ1) is 7.58. The summed E-state index contributed by atoms with van der Waals surface area (Å²) in [6.45, 7) is 0. The average Bonchev–Trinajstić information content (AvgIpc) is 3.06. The maximum absolute atomic E-state index is 12.9. The van der Waals surface area contributed by atoms with Crippen LogP contribution in [0.4, 0.5) is 4.39 Å². The maximum atomic E-state index is 12.9. The molecule has 2 nitrogen and oxygen atoms in total. The lowest BCUT2D eigenvalue weighted by atomic mass is 10.0. The zero-order valence-electron chi connectivity index (χ0n) is 8.74. The Balaban J connectivity index is 1.99. The number of aliphatic hydroxyl groups is 2. The van der Waals surface area contributed by atoms with Crippen molar-refractivity contribution < 1.29 is 14.6 Å². The fourth-order valence-electron chi connectivity index (χ4n) is 1.78. The quantitative estimate of drug-likeness (QED) is 0.852. The molecule has 1 aliphatic carbocycles. The molecule has 1 aromatic carbocycles. The van der Waals surface area contributed by atoms with Crippen molar-refractivity contribution in [3.05, 3.63) is 34.6 Å². The summed E-state index contributed by atoms with van der Waals surface area (Å²) >= 11 is 5.63. The molecule has 1 saturated carbocycles. The van der Waals surface area contributed by atoms with Crippen LogP contribution in [0.2, 0.25) is 5.02 Å². The van der Waals surface area contributed by atoms with E-state index in [4.69, 9.17) is 11.6 Å². The normalized spacial score (nSPS) is 19.5. The molecule has 2 atom stereocenters. The fourth-order valence-corrected chi connectivity index (χ4v) is 1.98. The third-order valence-corrected chi connectivity index (χ3v) is 3.22. The minimum Gasteiger partial charge on any atom is -0.390 e. The maximum Gasteiger partial charge on any atom is 0.141 e. The van der Waals surface area contributed by atoms with Crippen molar-refractivity contribution in [2.45, 2.75) is 31.5 Å². The van der Waals surface area contributed by atoms with Gasteiger partial charge in [-0.3, -0.25) is 0 Å². The van der Waals surface area contributed by atoms with Crippen molar-refractivity contribution in [3.63, 3.8) is 0 Å². The Morgan fingerprint density at radius 2 is 2.06 bits per heavy atom. The summed E-state index contributed by atoms with van der Waals surface area (Å²) in [6.07, 6.45) is 0.778. The second-order valence-electron chi connectivity index (χ2n) is 4.35. The average molecular weight is 245 g/mol. The second kappa shape index (κ2) is 4.70. The molecule has 0 amide bonds. The SMILES string of the molecule is OC(Cc1ccc(F)c(Cl)c1)C(O)C1CC1. The van der Waals surface area contributed by atoms with E-state index in [1.54, 1.807) is 6.07 Å². The van der Waals surface area contributed by atoms with Gasteiger partial charge in [0.25, 0.3) is 0 Å². The summed E-state index contributed by atoms with van der Waals surface area (Å²) in [5, 5.41) is 19.5. The van der Waals surface area contributed by atoms with E-state index >= 15 is 0 Å². The van der Waals surface area contributed by atoms with Crippen LogP contribution in [-0.4, -0.2) is 22.4 Å². The molecule has 0 saturated heterocycles. The van der Waals surface area contributed by atoms with Gasteiger partial charge in [0.1, 0.15) is 5.82 Å². The Bertz CT molecular complexity index is 379. The van der Waals surface area contributed by atoms with E-state index in [0.29, 0.717) is 6.42 Å². The van der Waals surface area contributed by atoms with Crippen molar-refractivity contribution in [1.82, 2.24) is 0 Å². The summed E-state index contributed by atoms with van der Waals surface area (Å²) < 4.78 is 12.9. The minimum absolute atomic E-state index is 0.0469. The topological polar surface area (TPSA) is 40.5 Å². The van der Waals surface area contributed by atoms with E-state index in [9.17, 15) is 14.6 Å². The van der Waals surface area contributed by atoms with Gasteiger partial charge in [0, 0.05) is 6.42 Å². The molecule has 16 heavy (non-hydrogen) atoms. The minimum atomic E-state index is -0.797. The van der Waals surface area contributed by atoms with Gasteiger partial charge >= 0.3 is 0 Å². The monoisotopic (exact) mass is 244 g/mol. The number of benzene rings is 1. The molecule has 2 rings (SSSR count). The number of rotatable bonds is 4. The molecule has 2 unspecified atom stereocenters. The Labute approximate surface area is 98.7 Å². The van der Waals surface area contributed by atoms with Crippen LogP contribution in [0, 0.1) is 11.7 Å². The number of hydrogen-bond acceptors (Lipinski definition) is 2. The molecule has 4 heteroatoms. The van der Waals surface area contributed by atoms with E-state index in [-0.39, 0.29) is 10.9 Å². The van der Waals surface area contributed by atoms with Crippen LogP contribution < -0.4 is 0 Å². The van der Waals surface area contributed by atoms with Gasteiger partial charge in [-0.2, -0.15) is 0 Å². The fraction of sp³-hybridized carbons (Fsp3) is 0.500. The van der Waals surface area contributed by atoms with Gasteiger partial charge in [-0.1, -0.05) is 17.7 Å². The highest BCUT2D eigenvalue weighted by atomic mass is 35.5. The van der Waals surface area contributed by atoms with E-state index in [1.807, 2.05) is 0 Å². The van der Waals surface area contributed by atoms with Crippen LogP contribution in [0.15, 0.2) is 18.2 Å². The number of halogens is 2. The smallest absolute Gasteiger partial charge is 0.141 e. The highest BCUT2D eigenvalue weighted by Gasteiger charge is 2.34. The molecule has 0 aliphatic heterocycles. The van der Waals surface area contributed by atoms with Crippen molar-refractivity contribution in [3.8, 4) is 0 Å². The van der Waals surface area contributed by atoms with Crippen LogP contribution in [0.3, 0.4) is 0 Å². The Hall–Kier alpha value is -0.640. The second-order valence-corrected chi connectivity index (χ2v) is 4.76. The zero-order valence-corrected chi connectivity index (χ0v) is 9.49. The van der Waals surface area contributed by atoms with Crippen LogP contribution in [0.5, 0.6) is 0 Å². The van der Waals surface area contributed by atoms with E-state index in [1.165, 1.54) is 12.1 Å². The molecule has 88 valence electrons. The standard InChI is InChI=1S/C12H14ClFO2/c13-9-5-7(1-4-10(9)14)6-11(15)12(16)8-2-3-8/h1,4-5,8,11-12,15-16H,2-3,6H2. The third kappa shape index (κ3) is 2.73. The summed E-state index contributed by atoms with van der Waals surface area (Å²) in [6, 6.07) is 4.33. The van der Waals surface area contributed by atoms with Crippen LogP contribution in [0.1, 0.15) is 18.4 Å². The first-order valence-corrected chi connectivity index (χ1v) is 5.76. The molecule has 0 spiro atoms. The van der Waals surface area contributed by atoms with Gasteiger partial charge < -0.3 is 10.2 Å². The van der Waals surface area contributed by atoms with Crippen molar-refractivity contribution in [2.75, 3.05) is 0 Å². The molecule has 1 aliphatic rings. The van der Waals surface area contributed by atoms with E-state index in [2.05, 4.69) is 0 Å². The van der Waals surface area contributed by atoms with Gasteiger partial charge in [-0.05, 0) is 36.5 Å². The van der Waals surface area contributed by atoms with Gasteiger partial charge in [0.15, 0.2) is 0 Å². The van der Waals surface area contributed by atoms with E-state index in [0.717, 1.165) is 18.4 Å². The van der Waals surface area contributed by atoms with Gasteiger partial charge in [0.05, 0.1) is 17.2 Å². The number of hydrogen-bond donors (Lipinski definition) is 2. The van der Waals surface area contributed by atoms with Crippen LogP contribution in [0.25, 0.3) is 0 Å². The van der Waals surface area contributed by atoms with Crippen LogP contribution in [-0.2, 0) is 6.42 Å². The van der Waals surface area contributed by atoms with Gasteiger partial charge in [-0.15, -0.1) is 0 Å². The van der Waals surface area contributed by atoms with Crippen molar-refractivity contribution in [2.24, 2.45) is 5.92 Å². The lowest BCUT2D eigenvalue weighted by Crippen LogP contribution is -2.29. The molecule has 0 aromatic heterocycles. The molecular weight excluding hydrogens is 231 g/mol.